The summed E-state index contributed by atoms with van der Waals surface area (Å²) in [7, 11) is -1.88. The topological polar surface area (TPSA) is 58.2 Å². The molecule has 0 bridgehead atoms. The van der Waals surface area contributed by atoms with Crippen molar-refractivity contribution in [1.82, 2.24) is 10.0 Å². The zero-order valence-electron chi connectivity index (χ0n) is 10.9. The molecule has 112 valence electrons. The standard InChI is InChI=1S/C12H16Cl2N2O2S2/c1-15-6-8-4-9(13)5-11(12(8)14)20(17,18)16-10-2-3-19-7-10/h4-5,10,15-16H,2-3,6-7H2,1H3. The lowest BCUT2D eigenvalue weighted by Gasteiger charge is -2.15. The molecule has 1 aromatic carbocycles. The van der Waals surface area contributed by atoms with Crippen molar-refractivity contribution in [2.45, 2.75) is 23.9 Å². The summed E-state index contributed by atoms with van der Waals surface area (Å²) in [4.78, 5) is 0.0498. The van der Waals surface area contributed by atoms with Crippen LogP contribution in [-0.4, -0.2) is 33.0 Å². The molecule has 8 heteroatoms. The molecule has 0 amide bonds. The second kappa shape index (κ2) is 6.85. The predicted octanol–water partition coefficient (Wildman–Crippen LogP) is 2.50. The summed E-state index contributed by atoms with van der Waals surface area (Å²) in [6.45, 7) is 0.460. The van der Waals surface area contributed by atoms with Gasteiger partial charge in [0, 0.05) is 23.4 Å². The van der Waals surface area contributed by atoms with E-state index >= 15 is 0 Å². The molecule has 4 nitrogen and oxygen atoms in total. The third-order valence-electron chi connectivity index (χ3n) is 2.99. The average Bonchev–Trinajstić information content (AvgIpc) is 2.85. The second-order valence-electron chi connectivity index (χ2n) is 4.59. The Morgan fingerprint density at radius 1 is 1.40 bits per heavy atom. The Labute approximate surface area is 133 Å². The van der Waals surface area contributed by atoms with E-state index in [1.165, 1.54) is 6.07 Å². The Morgan fingerprint density at radius 3 is 2.75 bits per heavy atom. The van der Waals surface area contributed by atoms with Crippen molar-refractivity contribution in [1.29, 1.82) is 0 Å². The molecule has 0 aromatic heterocycles. The van der Waals surface area contributed by atoms with E-state index in [2.05, 4.69) is 10.0 Å². The molecular formula is C12H16Cl2N2O2S2. The van der Waals surface area contributed by atoms with E-state index in [1.807, 2.05) is 0 Å². The van der Waals surface area contributed by atoms with E-state index in [0.717, 1.165) is 17.9 Å². The molecule has 1 saturated heterocycles. The predicted molar refractivity (Wildman–Crippen MR) is 85.3 cm³/mol. The Bertz CT molecular complexity index is 587. The highest BCUT2D eigenvalue weighted by Crippen LogP contribution is 2.30. The van der Waals surface area contributed by atoms with Gasteiger partial charge >= 0.3 is 0 Å². The minimum absolute atomic E-state index is 0.0344. The maximum atomic E-state index is 12.4. The molecule has 0 aliphatic carbocycles. The normalized spacial score (nSPS) is 19.4. The number of hydrogen-bond acceptors (Lipinski definition) is 4. The van der Waals surface area contributed by atoms with Crippen LogP contribution >= 0.6 is 35.0 Å². The minimum Gasteiger partial charge on any atom is -0.316 e. The molecule has 0 spiro atoms. The monoisotopic (exact) mass is 354 g/mol. The first kappa shape index (κ1) is 16.4. The van der Waals surface area contributed by atoms with Gasteiger partial charge < -0.3 is 5.32 Å². The lowest BCUT2D eigenvalue weighted by molar-refractivity contribution is 0.563. The maximum Gasteiger partial charge on any atom is 0.242 e. The van der Waals surface area contributed by atoms with Crippen LogP contribution in [0.3, 0.4) is 0 Å². The van der Waals surface area contributed by atoms with Crippen LogP contribution in [0.25, 0.3) is 0 Å². The van der Waals surface area contributed by atoms with Crippen molar-refractivity contribution < 1.29 is 8.42 Å². The third-order valence-corrected chi connectivity index (χ3v) is 6.47. The fourth-order valence-corrected chi connectivity index (χ4v) is 5.50. The Kier molecular flexibility index (Phi) is 5.62. The molecule has 2 rings (SSSR count). The smallest absolute Gasteiger partial charge is 0.242 e. The first-order chi connectivity index (χ1) is 9.44. The third kappa shape index (κ3) is 3.81. The average molecular weight is 355 g/mol. The number of halogens is 2. The number of sulfonamides is 1. The van der Waals surface area contributed by atoms with Crippen LogP contribution < -0.4 is 10.0 Å². The van der Waals surface area contributed by atoms with Gasteiger partial charge in [-0.25, -0.2) is 13.1 Å². The molecule has 1 fully saturated rings. The van der Waals surface area contributed by atoms with Crippen molar-refractivity contribution >= 4 is 45.0 Å². The van der Waals surface area contributed by atoms with Crippen LogP contribution in [0.5, 0.6) is 0 Å². The molecule has 1 aromatic rings. The van der Waals surface area contributed by atoms with Gasteiger partial charge in [0.25, 0.3) is 0 Å². The Hall–Kier alpha value is 0.0200. The SMILES string of the molecule is CNCc1cc(Cl)cc(S(=O)(=O)NC2CCSC2)c1Cl. The van der Waals surface area contributed by atoms with Crippen LogP contribution in [0.15, 0.2) is 17.0 Å². The summed E-state index contributed by atoms with van der Waals surface area (Å²) in [6.07, 6.45) is 0.839. The van der Waals surface area contributed by atoms with Gasteiger partial charge in [-0.15, -0.1) is 0 Å². The van der Waals surface area contributed by atoms with Gasteiger partial charge in [0.1, 0.15) is 4.90 Å². The van der Waals surface area contributed by atoms with Crippen LogP contribution in [0, 0.1) is 0 Å². The van der Waals surface area contributed by atoms with E-state index in [0.29, 0.717) is 17.1 Å². The highest BCUT2D eigenvalue weighted by atomic mass is 35.5. The van der Waals surface area contributed by atoms with Gasteiger partial charge in [-0.1, -0.05) is 23.2 Å². The zero-order valence-corrected chi connectivity index (χ0v) is 14.1. The Morgan fingerprint density at radius 2 is 2.15 bits per heavy atom. The van der Waals surface area contributed by atoms with Gasteiger partial charge in [0.05, 0.1) is 5.02 Å². The molecule has 1 aliphatic rings. The van der Waals surface area contributed by atoms with Crippen LogP contribution in [-0.2, 0) is 16.6 Å². The highest BCUT2D eigenvalue weighted by Gasteiger charge is 2.26. The molecule has 1 unspecified atom stereocenters. The minimum atomic E-state index is -3.65. The van der Waals surface area contributed by atoms with E-state index in [4.69, 9.17) is 23.2 Å². The van der Waals surface area contributed by atoms with Gasteiger partial charge in [-0.05, 0) is 36.9 Å². The lowest BCUT2D eigenvalue weighted by Crippen LogP contribution is -2.34. The van der Waals surface area contributed by atoms with Gasteiger partial charge in [0.2, 0.25) is 10.0 Å². The second-order valence-corrected chi connectivity index (χ2v) is 8.24. The Balaban J connectivity index is 2.34. The van der Waals surface area contributed by atoms with Crippen LogP contribution in [0.2, 0.25) is 10.0 Å². The van der Waals surface area contributed by atoms with Gasteiger partial charge in [0.15, 0.2) is 0 Å². The molecule has 1 heterocycles. The summed E-state index contributed by atoms with van der Waals surface area (Å²) in [5.41, 5.74) is 0.669. The first-order valence-corrected chi connectivity index (χ1v) is 9.56. The highest BCUT2D eigenvalue weighted by molar-refractivity contribution is 7.99. The van der Waals surface area contributed by atoms with E-state index < -0.39 is 10.0 Å². The van der Waals surface area contributed by atoms with Gasteiger partial charge in [-0.2, -0.15) is 11.8 Å². The van der Waals surface area contributed by atoms with E-state index in [1.54, 1.807) is 24.9 Å². The summed E-state index contributed by atoms with van der Waals surface area (Å²) in [5.74, 6) is 1.77. The summed E-state index contributed by atoms with van der Waals surface area (Å²) in [5, 5.41) is 3.53. The molecular weight excluding hydrogens is 339 g/mol. The fourth-order valence-electron chi connectivity index (χ4n) is 2.04. The number of nitrogens with one attached hydrogen (secondary N) is 2. The molecule has 20 heavy (non-hydrogen) atoms. The largest absolute Gasteiger partial charge is 0.316 e. The lowest BCUT2D eigenvalue weighted by atomic mass is 10.2. The number of hydrogen-bond donors (Lipinski definition) is 2. The van der Waals surface area contributed by atoms with Crippen LogP contribution in [0.1, 0.15) is 12.0 Å². The number of thioether (sulfide) groups is 1. The molecule has 1 aliphatic heterocycles. The van der Waals surface area contributed by atoms with Gasteiger partial charge in [-0.3, -0.25) is 0 Å². The van der Waals surface area contributed by atoms with E-state index in [9.17, 15) is 8.42 Å². The molecule has 1 atom stereocenters. The zero-order chi connectivity index (χ0) is 14.8. The quantitative estimate of drug-likeness (QED) is 0.852. The molecule has 2 N–H and O–H groups in total. The molecule has 0 saturated carbocycles. The van der Waals surface area contributed by atoms with Crippen LogP contribution in [0.4, 0.5) is 0 Å². The van der Waals surface area contributed by atoms with Crippen molar-refractivity contribution in [3.05, 3.63) is 27.7 Å². The maximum absolute atomic E-state index is 12.4. The van der Waals surface area contributed by atoms with Crippen molar-refractivity contribution in [3.8, 4) is 0 Å². The number of benzene rings is 1. The molecule has 0 radical (unpaired) electrons. The summed E-state index contributed by atoms with van der Waals surface area (Å²) < 4.78 is 27.6. The first-order valence-electron chi connectivity index (χ1n) is 6.16. The van der Waals surface area contributed by atoms with E-state index in [-0.39, 0.29) is 16.0 Å². The summed E-state index contributed by atoms with van der Waals surface area (Å²) in [6, 6.07) is 3.03. The van der Waals surface area contributed by atoms with Crippen molar-refractivity contribution in [2.24, 2.45) is 0 Å². The fraction of sp³-hybridized carbons (Fsp3) is 0.500. The van der Waals surface area contributed by atoms with Crippen molar-refractivity contribution in [3.63, 3.8) is 0 Å². The van der Waals surface area contributed by atoms with Crippen molar-refractivity contribution in [2.75, 3.05) is 18.6 Å². The summed E-state index contributed by atoms with van der Waals surface area (Å²) >= 11 is 13.9. The number of rotatable bonds is 5.